The van der Waals surface area contributed by atoms with Gasteiger partial charge in [0.1, 0.15) is 6.26 Å². The Kier molecular flexibility index (Phi) is 1.69. The van der Waals surface area contributed by atoms with Gasteiger partial charge >= 0.3 is 6.01 Å². The molecule has 0 saturated heterocycles. The number of nitrogens with one attached hydrogen (secondary N) is 2. The largest absolute Gasteiger partial charge is 0.431 e. The van der Waals surface area contributed by atoms with E-state index in [4.69, 9.17) is 4.42 Å². The minimum absolute atomic E-state index is 0.495. The molecule has 2 N–H and O–H groups in total. The number of aromatic nitrogens is 1. The maximum atomic E-state index is 4.92. The molecule has 4 nitrogen and oxygen atoms in total. The van der Waals surface area contributed by atoms with Gasteiger partial charge in [-0.3, -0.25) is 5.43 Å². The normalized spacial score (nSPS) is 9.56. The van der Waals surface area contributed by atoms with Crippen molar-refractivity contribution in [2.24, 2.45) is 0 Å². The highest BCUT2D eigenvalue weighted by atomic mass is 16.4. The molecule has 0 fully saturated rings. The number of hydrazine groups is 1. The highest BCUT2D eigenvalue weighted by Gasteiger charge is 1.94. The highest BCUT2D eigenvalue weighted by molar-refractivity contribution is 5.17. The van der Waals surface area contributed by atoms with Crippen LogP contribution in [-0.2, 0) is 0 Å². The molecule has 0 unspecified atom stereocenters. The number of aryl methyl sites for hydroxylation is 1. The standard InChI is InChI=1S/C5H9N3O/c1-4-3-9-5(7-4)8-6-2/h3,6H,1-2H3,(H,7,8). The molecule has 0 amide bonds. The second kappa shape index (κ2) is 2.50. The Balaban J connectivity index is 2.61. The predicted octanol–water partition coefficient (Wildman–Crippen LogP) is 0.529. The second-order valence-electron chi connectivity index (χ2n) is 1.67. The van der Waals surface area contributed by atoms with Crippen molar-refractivity contribution in [3.05, 3.63) is 12.0 Å². The summed E-state index contributed by atoms with van der Waals surface area (Å²) in [6.45, 7) is 1.87. The second-order valence-corrected chi connectivity index (χ2v) is 1.67. The van der Waals surface area contributed by atoms with Gasteiger partial charge in [0.15, 0.2) is 0 Å². The maximum Gasteiger partial charge on any atom is 0.309 e. The Labute approximate surface area is 53.2 Å². The van der Waals surface area contributed by atoms with E-state index in [-0.39, 0.29) is 0 Å². The summed E-state index contributed by atoms with van der Waals surface area (Å²) in [6.07, 6.45) is 1.58. The summed E-state index contributed by atoms with van der Waals surface area (Å²) in [5.41, 5.74) is 6.26. The molecule has 1 aromatic heterocycles. The smallest absolute Gasteiger partial charge is 0.309 e. The van der Waals surface area contributed by atoms with Gasteiger partial charge in [-0.15, -0.1) is 0 Å². The first kappa shape index (κ1) is 6.10. The van der Waals surface area contributed by atoms with E-state index in [9.17, 15) is 0 Å². The molecule has 0 aliphatic rings. The lowest BCUT2D eigenvalue weighted by Crippen LogP contribution is -2.14. The van der Waals surface area contributed by atoms with Crippen LogP contribution >= 0.6 is 0 Å². The van der Waals surface area contributed by atoms with Crippen LogP contribution in [0.2, 0.25) is 0 Å². The number of nitrogens with zero attached hydrogens (tertiary/aromatic N) is 1. The van der Waals surface area contributed by atoms with Crippen LogP contribution < -0.4 is 10.9 Å². The van der Waals surface area contributed by atoms with Gasteiger partial charge in [-0.25, -0.2) is 5.43 Å². The zero-order valence-electron chi connectivity index (χ0n) is 5.43. The molecule has 0 radical (unpaired) electrons. The van der Waals surface area contributed by atoms with Crippen molar-refractivity contribution in [2.75, 3.05) is 12.5 Å². The quantitative estimate of drug-likeness (QED) is 0.569. The SMILES string of the molecule is CNNc1nc(C)co1. The van der Waals surface area contributed by atoms with Crippen LogP contribution in [0.3, 0.4) is 0 Å². The lowest BCUT2D eigenvalue weighted by Gasteiger charge is -1.93. The summed E-state index contributed by atoms with van der Waals surface area (Å²) in [4.78, 5) is 3.96. The maximum absolute atomic E-state index is 4.92. The monoisotopic (exact) mass is 127 g/mol. The Hall–Kier alpha value is -1.03. The average molecular weight is 127 g/mol. The lowest BCUT2D eigenvalue weighted by molar-refractivity contribution is 0.564. The summed E-state index contributed by atoms with van der Waals surface area (Å²) in [6, 6.07) is 0.495. The van der Waals surface area contributed by atoms with E-state index in [1.807, 2.05) is 6.92 Å². The van der Waals surface area contributed by atoms with Crippen molar-refractivity contribution in [3.63, 3.8) is 0 Å². The van der Waals surface area contributed by atoms with E-state index in [1.165, 1.54) is 0 Å². The fraction of sp³-hybridized carbons (Fsp3) is 0.400. The third-order valence-electron chi connectivity index (χ3n) is 0.851. The molecule has 1 rings (SSSR count). The molecule has 0 aromatic carbocycles. The number of hydrogen-bond acceptors (Lipinski definition) is 4. The third-order valence-corrected chi connectivity index (χ3v) is 0.851. The molecule has 1 aromatic rings. The van der Waals surface area contributed by atoms with E-state index < -0.39 is 0 Å². The molecular weight excluding hydrogens is 118 g/mol. The summed E-state index contributed by atoms with van der Waals surface area (Å²) in [7, 11) is 1.75. The average Bonchev–Trinajstić information content (AvgIpc) is 2.17. The fourth-order valence-corrected chi connectivity index (χ4v) is 0.518. The Morgan fingerprint density at radius 3 is 2.89 bits per heavy atom. The molecule has 0 bridgehead atoms. The van der Waals surface area contributed by atoms with Crippen LogP contribution in [0.4, 0.5) is 6.01 Å². The molecule has 4 heteroatoms. The first-order valence-electron chi connectivity index (χ1n) is 2.68. The van der Waals surface area contributed by atoms with Gasteiger partial charge in [0.05, 0.1) is 5.69 Å². The van der Waals surface area contributed by atoms with Gasteiger partial charge in [0, 0.05) is 7.05 Å². The van der Waals surface area contributed by atoms with Crippen LogP contribution in [0.15, 0.2) is 10.7 Å². The van der Waals surface area contributed by atoms with E-state index in [0.29, 0.717) is 6.01 Å². The Morgan fingerprint density at radius 1 is 1.67 bits per heavy atom. The molecular formula is C5H9N3O. The Bertz CT molecular complexity index is 184. The molecule has 1 heterocycles. The first-order valence-corrected chi connectivity index (χ1v) is 2.68. The van der Waals surface area contributed by atoms with Crippen molar-refractivity contribution in [2.45, 2.75) is 6.92 Å². The number of hydrogen-bond donors (Lipinski definition) is 2. The van der Waals surface area contributed by atoms with Crippen molar-refractivity contribution in [1.82, 2.24) is 10.4 Å². The topological polar surface area (TPSA) is 50.1 Å². The van der Waals surface area contributed by atoms with Gasteiger partial charge in [0.2, 0.25) is 0 Å². The van der Waals surface area contributed by atoms with Gasteiger partial charge in [0.25, 0.3) is 0 Å². The summed E-state index contributed by atoms with van der Waals surface area (Å²) in [5.74, 6) is 0. The van der Waals surface area contributed by atoms with E-state index >= 15 is 0 Å². The van der Waals surface area contributed by atoms with Crippen molar-refractivity contribution >= 4 is 6.01 Å². The van der Waals surface area contributed by atoms with Gasteiger partial charge in [-0.1, -0.05) is 0 Å². The minimum atomic E-state index is 0.495. The molecule has 0 atom stereocenters. The molecule has 50 valence electrons. The molecule has 0 aliphatic heterocycles. The van der Waals surface area contributed by atoms with Crippen LogP contribution in [0.5, 0.6) is 0 Å². The third kappa shape index (κ3) is 1.43. The molecule has 0 saturated carbocycles. The first-order chi connectivity index (χ1) is 4.33. The van der Waals surface area contributed by atoms with Crippen LogP contribution in [0, 0.1) is 6.92 Å². The van der Waals surface area contributed by atoms with Gasteiger partial charge in [-0.05, 0) is 6.92 Å². The fourth-order valence-electron chi connectivity index (χ4n) is 0.518. The molecule has 0 spiro atoms. The molecule has 9 heavy (non-hydrogen) atoms. The van der Waals surface area contributed by atoms with Crippen molar-refractivity contribution in [1.29, 1.82) is 0 Å². The van der Waals surface area contributed by atoms with Crippen LogP contribution in [-0.4, -0.2) is 12.0 Å². The van der Waals surface area contributed by atoms with E-state index in [0.717, 1.165) is 5.69 Å². The Morgan fingerprint density at radius 2 is 2.44 bits per heavy atom. The summed E-state index contributed by atoms with van der Waals surface area (Å²) in [5, 5.41) is 0. The number of rotatable bonds is 2. The van der Waals surface area contributed by atoms with Gasteiger partial charge < -0.3 is 4.42 Å². The van der Waals surface area contributed by atoms with E-state index in [2.05, 4.69) is 15.8 Å². The molecule has 0 aliphatic carbocycles. The summed E-state index contributed by atoms with van der Waals surface area (Å²) < 4.78 is 4.92. The van der Waals surface area contributed by atoms with Crippen LogP contribution in [0.25, 0.3) is 0 Å². The van der Waals surface area contributed by atoms with Gasteiger partial charge in [-0.2, -0.15) is 4.98 Å². The van der Waals surface area contributed by atoms with Crippen molar-refractivity contribution in [3.8, 4) is 0 Å². The van der Waals surface area contributed by atoms with Crippen LogP contribution in [0.1, 0.15) is 5.69 Å². The lowest BCUT2D eigenvalue weighted by atomic mass is 10.6. The predicted molar refractivity (Wildman–Crippen MR) is 33.9 cm³/mol. The zero-order valence-corrected chi connectivity index (χ0v) is 5.43. The minimum Gasteiger partial charge on any atom is -0.431 e. The number of oxazole rings is 1. The highest BCUT2D eigenvalue weighted by Crippen LogP contribution is 2.02. The summed E-state index contributed by atoms with van der Waals surface area (Å²) >= 11 is 0. The number of anilines is 1. The van der Waals surface area contributed by atoms with Crippen molar-refractivity contribution < 1.29 is 4.42 Å². The zero-order chi connectivity index (χ0) is 6.69. The van der Waals surface area contributed by atoms with E-state index in [1.54, 1.807) is 13.3 Å².